The summed E-state index contributed by atoms with van der Waals surface area (Å²) in [5.41, 5.74) is 3.01. The predicted molar refractivity (Wildman–Crippen MR) is 83.2 cm³/mol. The Morgan fingerprint density at radius 3 is 3.00 bits per heavy atom. The van der Waals surface area contributed by atoms with E-state index < -0.39 is 0 Å². The van der Waals surface area contributed by atoms with Crippen LogP contribution in [0.25, 0.3) is 10.9 Å². The molecule has 2 heterocycles. The summed E-state index contributed by atoms with van der Waals surface area (Å²) in [5.74, 6) is -0.0297. The van der Waals surface area contributed by atoms with E-state index in [1.54, 1.807) is 17.5 Å². The molecule has 2 N–H and O–H groups in total. The number of amides is 1. The summed E-state index contributed by atoms with van der Waals surface area (Å²) in [6, 6.07) is 9.96. The van der Waals surface area contributed by atoms with Crippen molar-refractivity contribution < 1.29 is 4.79 Å². The molecule has 0 aliphatic heterocycles. The number of aromatic amines is 1. The van der Waals surface area contributed by atoms with Crippen molar-refractivity contribution in [3.8, 4) is 0 Å². The maximum absolute atomic E-state index is 12.3. The Hall–Kier alpha value is -2.07. The molecular formula is C16H16N2OS. The number of rotatable bonds is 4. The van der Waals surface area contributed by atoms with Crippen LogP contribution >= 0.6 is 11.3 Å². The fraction of sp³-hybridized carbons (Fsp3) is 0.188. The number of aryl methyl sites for hydroxylation is 1. The molecule has 2 aromatic heterocycles. The van der Waals surface area contributed by atoms with Crippen LogP contribution in [0.15, 0.2) is 41.9 Å². The summed E-state index contributed by atoms with van der Waals surface area (Å²) in [6.07, 6.45) is 2.77. The fourth-order valence-electron chi connectivity index (χ4n) is 2.35. The molecule has 4 heteroatoms. The number of benzene rings is 1. The SMILES string of the molecule is CCc1ccsc1CNC(=O)c1c[nH]c2ccccc12. The lowest BCUT2D eigenvalue weighted by molar-refractivity contribution is 0.0953. The Morgan fingerprint density at radius 2 is 2.15 bits per heavy atom. The van der Waals surface area contributed by atoms with E-state index in [0.29, 0.717) is 12.1 Å². The van der Waals surface area contributed by atoms with Gasteiger partial charge in [-0.3, -0.25) is 4.79 Å². The van der Waals surface area contributed by atoms with Gasteiger partial charge in [-0.25, -0.2) is 0 Å². The second-order valence-electron chi connectivity index (χ2n) is 4.65. The zero-order chi connectivity index (χ0) is 13.9. The Kier molecular flexibility index (Phi) is 3.56. The van der Waals surface area contributed by atoms with Crippen molar-refractivity contribution in [2.75, 3.05) is 0 Å². The predicted octanol–water partition coefficient (Wildman–Crippen LogP) is 3.72. The van der Waals surface area contributed by atoms with Crippen molar-refractivity contribution in [2.45, 2.75) is 19.9 Å². The van der Waals surface area contributed by atoms with E-state index >= 15 is 0 Å². The first-order valence-electron chi connectivity index (χ1n) is 6.69. The van der Waals surface area contributed by atoms with Gasteiger partial charge >= 0.3 is 0 Å². The Balaban J connectivity index is 1.77. The van der Waals surface area contributed by atoms with Crippen LogP contribution in [-0.4, -0.2) is 10.9 Å². The van der Waals surface area contributed by atoms with Gasteiger partial charge < -0.3 is 10.3 Å². The second-order valence-corrected chi connectivity index (χ2v) is 5.65. The third kappa shape index (κ3) is 2.34. The standard InChI is InChI=1S/C16H16N2OS/c1-2-11-7-8-20-15(11)10-18-16(19)13-9-17-14-6-4-3-5-12(13)14/h3-9,17H,2,10H2,1H3,(H,18,19). The molecule has 102 valence electrons. The monoisotopic (exact) mass is 284 g/mol. The first-order valence-corrected chi connectivity index (χ1v) is 7.57. The van der Waals surface area contributed by atoms with E-state index in [-0.39, 0.29) is 5.91 Å². The third-order valence-corrected chi connectivity index (χ3v) is 4.43. The van der Waals surface area contributed by atoms with Crippen LogP contribution in [0.3, 0.4) is 0 Å². The van der Waals surface area contributed by atoms with E-state index in [0.717, 1.165) is 17.3 Å². The van der Waals surface area contributed by atoms with E-state index in [4.69, 9.17) is 0 Å². The van der Waals surface area contributed by atoms with Gasteiger partial charge in [0.2, 0.25) is 0 Å². The number of thiophene rings is 1. The van der Waals surface area contributed by atoms with Crippen molar-refractivity contribution in [3.63, 3.8) is 0 Å². The van der Waals surface area contributed by atoms with Crippen LogP contribution < -0.4 is 5.32 Å². The zero-order valence-electron chi connectivity index (χ0n) is 11.3. The highest BCUT2D eigenvalue weighted by atomic mass is 32.1. The highest BCUT2D eigenvalue weighted by Gasteiger charge is 2.12. The minimum absolute atomic E-state index is 0.0297. The van der Waals surface area contributed by atoms with Crippen LogP contribution in [0.2, 0.25) is 0 Å². The summed E-state index contributed by atoms with van der Waals surface area (Å²) in [7, 11) is 0. The summed E-state index contributed by atoms with van der Waals surface area (Å²) < 4.78 is 0. The third-order valence-electron chi connectivity index (χ3n) is 3.46. The quantitative estimate of drug-likeness (QED) is 0.753. The summed E-state index contributed by atoms with van der Waals surface area (Å²) >= 11 is 1.69. The number of fused-ring (bicyclic) bond motifs is 1. The number of carbonyl (C=O) groups is 1. The van der Waals surface area contributed by atoms with Crippen molar-refractivity contribution in [3.05, 3.63) is 57.9 Å². The lowest BCUT2D eigenvalue weighted by Crippen LogP contribution is -2.22. The van der Waals surface area contributed by atoms with Gasteiger partial charge in [-0.2, -0.15) is 0 Å². The van der Waals surface area contributed by atoms with Crippen molar-refractivity contribution in [1.82, 2.24) is 10.3 Å². The number of H-pyrrole nitrogens is 1. The van der Waals surface area contributed by atoms with Crippen molar-refractivity contribution in [2.24, 2.45) is 0 Å². The number of para-hydroxylation sites is 1. The molecule has 20 heavy (non-hydrogen) atoms. The molecule has 0 bridgehead atoms. The zero-order valence-corrected chi connectivity index (χ0v) is 12.1. The molecule has 0 radical (unpaired) electrons. The van der Waals surface area contributed by atoms with Crippen molar-refractivity contribution >= 4 is 28.1 Å². The molecule has 0 unspecified atom stereocenters. The maximum Gasteiger partial charge on any atom is 0.253 e. The lowest BCUT2D eigenvalue weighted by atomic mass is 10.1. The highest BCUT2D eigenvalue weighted by molar-refractivity contribution is 7.10. The fourth-order valence-corrected chi connectivity index (χ4v) is 3.27. The maximum atomic E-state index is 12.3. The lowest BCUT2D eigenvalue weighted by Gasteiger charge is -2.04. The van der Waals surface area contributed by atoms with Crippen LogP contribution in [-0.2, 0) is 13.0 Å². The largest absolute Gasteiger partial charge is 0.360 e. The minimum Gasteiger partial charge on any atom is -0.360 e. The number of carbonyl (C=O) groups excluding carboxylic acids is 1. The number of hydrogen-bond acceptors (Lipinski definition) is 2. The highest BCUT2D eigenvalue weighted by Crippen LogP contribution is 2.19. The van der Waals surface area contributed by atoms with E-state index in [2.05, 4.69) is 28.7 Å². The first kappa shape index (κ1) is 12.9. The van der Waals surface area contributed by atoms with Gasteiger partial charge in [0.15, 0.2) is 0 Å². The summed E-state index contributed by atoms with van der Waals surface area (Å²) in [5, 5.41) is 6.05. The molecule has 0 fully saturated rings. The van der Waals surface area contributed by atoms with Gasteiger partial charge in [0.1, 0.15) is 0 Å². The van der Waals surface area contributed by atoms with Gasteiger partial charge in [-0.1, -0.05) is 25.1 Å². The molecule has 0 saturated heterocycles. The van der Waals surface area contributed by atoms with E-state index in [9.17, 15) is 4.79 Å². The Morgan fingerprint density at radius 1 is 1.30 bits per heavy atom. The molecule has 3 nitrogen and oxygen atoms in total. The van der Waals surface area contributed by atoms with Gasteiger partial charge in [0.25, 0.3) is 5.91 Å². The molecular weight excluding hydrogens is 268 g/mol. The second kappa shape index (κ2) is 5.51. The molecule has 0 atom stereocenters. The van der Waals surface area contributed by atoms with Crippen LogP contribution in [0.1, 0.15) is 27.7 Å². The summed E-state index contributed by atoms with van der Waals surface area (Å²) in [4.78, 5) is 16.7. The Bertz CT molecular complexity index is 742. The minimum atomic E-state index is -0.0297. The molecule has 1 amide bonds. The van der Waals surface area contributed by atoms with Crippen LogP contribution in [0, 0.1) is 0 Å². The molecule has 0 aliphatic carbocycles. The smallest absolute Gasteiger partial charge is 0.253 e. The van der Waals surface area contributed by atoms with Gasteiger partial charge in [0.05, 0.1) is 12.1 Å². The number of aromatic nitrogens is 1. The molecule has 0 aliphatic rings. The summed E-state index contributed by atoms with van der Waals surface area (Å²) in [6.45, 7) is 2.73. The van der Waals surface area contributed by atoms with Gasteiger partial charge in [-0.15, -0.1) is 11.3 Å². The average Bonchev–Trinajstić information content (AvgIpc) is 3.11. The van der Waals surface area contributed by atoms with Gasteiger partial charge in [0, 0.05) is 22.0 Å². The number of nitrogens with one attached hydrogen (secondary N) is 2. The van der Waals surface area contributed by atoms with E-state index in [1.807, 2.05) is 24.3 Å². The van der Waals surface area contributed by atoms with Crippen LogP contribution in [0.5, 0.6) is 0 Å². The molecule has 0 saturated carbocycles. The topological polar surface area (TPSA) is 44.9 Å². The number of hydrogen-bond donors (Lipinski definition) is 2. The first-order chi connectivity index (χ1) is 9.79. The molecule has 0 spiro atoms. The van der Waals surface area contributed by atoms with Gasteiger partial charge in [-0.05, 0) is 29.5 Å². The Labute approximate surface area is 121 Å². The molecule has 1 aromatic carbocycles. The van der Waals surface area contributed by atoms with Crippen molar-refractivity contribution in [1.29, 1.82) is 0 Å². The molecule has 3 aromatic rings. The van der Waals surface area contributed by atoms with Crippen LogP contribution in [0.4, 0.5) is 0 Å². The average molecular weight is 284 g/mol. The molecule has 3 rings (SSSR count). The van der Waals surface area contributed by atoms with E-state index in [1.165, 1.54) is 10.4 Å². The normalized spacial score (nSPS) is 10.8.